The highest BCUT2D eigenvalue weighted by Gasteiger charge is 2.42. The summed E-state index contributed by atoms with van der Waals surface area (Å²) < 4.78 is 9.70. The van der Waals surface area contributed by atoms with E-state index in [1.54, 1.807) is 0 Å². The van der Waals surface area contributed by atoms with Crippen molar-refractivity contribution in [3.8, 4) is 22.6 Å². The quantitative estimate of drug-likeness (QED) is 0.129. The van der Waals surface area contributed by atoms with Crippen LogP contribution in [0.4, 0.5) is 17.1 Å². The zero-order valence-electron chi connectivity index (χ0n) is 31.0. The Kier molecular flexibility index (Phi) is 7.29. The van der Waals surface area contributed by atoms with Gasteiger partial charge in [-0.05, 0) is 110 Å². The average Bonchev–Trinajstić information content (AvgIpc) is 3.65. The molecule has 1 unspecified atom stereocenters. The molecule has 9 aromatic carbocycles. The van der Waals surface area contributed by atoms with Gasteiger partial charge >= 0.3 is 0 Å². The molecule has 0 fully saturated rings. The Morgan fingerprint density at radius 2 is 1.11 bits per heavy atom. The molecule has 4 heteroatoms. The van der Waals surface area contributed by atoms with Crippen molar-refractivity contribution in [2.75, 3.05) is 4.90 Å². The van der Waals surface area contributed by atoms with E-state index < -0.39 is 0 Å². The fourth-order valence-corrected chi connectivity index (χ4v) is 10.6. The van der Waals surface area contributed by atoms with Crippen molar-refractivity contribution in [2.24, 2.45) is 0 Å². The molecule has 0 radical (unpaired) electrons. The summed E-state index contributed by atoms with van der Waals surface area (Å²) in [5, 5.41) is 5.13. The molecule has 0 saturated carbocycles. The van der Waals surface area contributed by atoms with Crippen LogP contribution >= 0.6 is 11.3 Å². The molecule has 0 spiro atoms. The van der Waals surface area contributed by atoms with Crippen molar-refractivity contribution >= 4 is 82.4 Å². The summed E-state index contributed by atoms with van der Waals surface area (Å²) in [4.78, 5) is 2.42. The van der Waals surface area contributed by atoms with E-state index in [2.05, 4.69) is 205 Å². The molecule has 3 heterocycles. The number of hydrogen-bond acceptors (Lipinski definition) is 3. The predicted molar refractivity (Wildman–Crippen MR) is 242 cm³/mol. The Morgan fingerprint density at radius 3 is 1.96 bits per heavy atom. The minimum Gasteiger partial charge on any atom is -0.458 e. The van der Waals surface area contributed by atoms with E-state index in [1.807, 2.05) is 11.3 Å². The van der Waals surface area contributed by atoms with Crippen molar-refractivity contribution in [1.29, 1.82) is 0 Å². The second-order valence-corrected chi connectivity index (χ2v) is 16.3. The standard InChI is InChI=1S/C53H34BNOS/c1-3-12-34(13-4-1)35-22-24-37(25-23-35)51(38-28-31-50-43(32-38)42-18-9-10-21-49(42)57-50)39-26-29-44-48(33-39)56-47-20-11-19-45-53(47)54(44)52-41-17-8-7-14-36(41)27-30-46(52)55(45)40-15-5-2-6-16-40/h1-33,51H. The molecule has 12 rings (SSSR count). The molecule has 266 valence electrons. The zero-order valence-corrected chi connectivity index (χ0v) is 31.8. The molecular weight excluding hydrogens is 709 g/mol. The van der Waals surface area contributed by atoms with Crippen LogP contribution in [0.2, 0.25) is 0 Å². The predicted octanol–water partition coefficient (Wildman–Crippen LogP) is 12.5. The number of fused-ring (bicyclic) bond motifs is 9. The molecule has 1 atom stereocenters. The Bertz CT molecular complexity index is 3170. The van der Waals surface area contributed by atoms with Crippen LogP contribution in [0.25, 0.3) is 42.1 Å². The number of anilines is 3. The van der Waals surface area contributed by atoms with Gasteiger partial charge in [-0.15, -0.1) is 11.3 Å². The largest absolute Gasteiger partial charge is 0.458 e. The van der Waals surface area contributed by atoms with Crippen LogP contribution < -0.4 is 26.0 Å². The van der Waals surface area contributed by atoms with Crippen molar-refractivity contribution in [2.45, 2.75) is 5.92 Å². The van der Waals surface area contributed by atoms with E-state index >= 15 is 0 Å². The van der Waals surface area contributed by atoms with Gasteiger partial charge in [-0.1, -0.05) is 146 Å². The number of hydrogen-bond donors (Lipinski definition) is 0. The maximum Gasteiger partial charge on any atom is 0.257 e. The Labute approximate surface area is 336 Å². The lowest BCUT2D eigenvalue weighted by Crippen LogP contribution is -2.59. The number of thiophene rings is 1. The summed E-state index contributed by atoms with van der Waals surface area (Å²) >= 11 is 1.87. The van der Waals surface area contributed by atoms with Crippen LogP contribution in [0.5, 0.6) is 11.5 Å². The second kappa shape index (κ2) is 12.8. The molecule has 0 amide bonds. The van der Waals surface area contributed by atoms with Crippen LogP contribution in [-0.4, -0.2) is 6.71 Å². The van der Waals surface area contributed by atoms with Gasteiger partial charge in [0.05, 0.1) is 0 Å². The van der Waals surface area contributed by atoms with Gasteiger partial charge in [0.15, 0.2) is 0 Å². The first kappa shape index (κ1) is 32.4. The molecular formula is C53H34BNOS. The molecule has 10 aromatic rings. The number of ether oxygens (including phenoxy) is 1. The lowest BCUT2D eigenvalue weighted by atomic mass is 9.33. The van der Waals surface area contributed by atoms with Crippen LogP contribution in [0.15, 0.2) is 200 Å². The molecule has 2 aliphatic heterocycles. The van der Waals surface area contributed by atoms with E-state index in [-0.39, 0.29) is 12.6 Å². The number of benzene rings is 9. The van der Waals surface area contributed by atoms with Gasteiger partial charge in [-0.25, -0.2) is 0 Å². The average molecular weight is 744 g/mol. The Hall–Kier alpha value is -6.88. The van der Waals surface area contributed by atoms with Crippen molar-refractivity contribution < 1.29 is 4.74 Å². The molecule has 1 aromatic heterocycles. The molecule has 0 aliphatic carbocycles. The first-order valence-corrected chi connectivity index (χ1v) is 20.5. The summed E-state index contributed by atoms with van der Waals surface area (Å²) in [5.41, 5.74) is 13.4. The van der Waals surface area contributed by atoms with Crippen LogP contribution in [0, 0.1) is 0 Å². The van der Waals surface area contributed by atoms with Crippen molar-refractivity contribution in [3.63, 3.8) is 0 Å². The third-order valence-electron chi connectivity index (χ3n) is 12.1. The van der Waals surface area contributed by atoms with Gasteiger partial charge in [0.25, 0.3) is 6.71 Å². The summed E-state index contributed by atoms with van der Waals surface area (Å²) in [6.07, 6.45) is 0. The minimum atomic E-state index is -0.00689. The fraction of sp³-hybridized carbons (Fsp3) is 0.0189. The second-order valence-electron chi connectivity index (χ2n) is 15.2. The van der Waals surface area contributed by atoms with E-state index in [1.165, 1.54) is 80.8 Å². The molecule has 57 heavy (non-hydrogen) atoms. The van der Waals surface area contributed by atoms with E-state index in [0.29, 0.717) is 0 Å². The third kappa shape index (κ3) is 5.11. The molecule has 2 aliphatic rings. The van der Waals surface area contributed by atoms with Gasteiger partial charge in [0, 0.05) is 43.2 Å². The Balaban J connectivity index is 1.05. The first-order chi connectivity index (χ1) is 28.3. The fourth-order valence-electron chi connectivity index (χ4n) is 9.50. The highest BCUT2D eigenvalue weighted by Crippen LogP contribution is 2.44. The number of para-hydroxylation sites is 1. The Morgan fingerprint density at radius 1 is 0.439 bits per heavy atom. The van der Waals surface area contributed by atoms with Gasteiger partial charge in [-0.3, -0.25) is 0 Å². The maximum absolute atomic E-state index is 7.07. The highest BCUT2D eigenvalue weighted by molar-refractivity contribution is 7.25. The van der Waals surface area contributed by atoms with Crippen molar-refractivity contribution in [1.82, 2.24) is 0 Å². The summed E-state index contributed by atoms with van der Waals surface area (Å²) in [6.45, 7) is 0.00666. The molecule has 0 saturated heterocycles. The SMILES string of the molecule is c1ccc(-c2ccc(C(c3ccc4c(c3)Oc3cccc5c3B4c3c(ccc4ccccc34)N5c3ccccc3)c3ccc4sc5ccccc5c4c3)cc2)cc1. The third-order valence-corrected chi connectivity index (χ3v) is 13.2. The molecule has 2 nitrogen and oxygen atoms in total. The number of rotatable bonds is 5. The normalized spacial score (nSPS) is 13.3. The smallest absolute Gasteiger partial charge is 0.257 e. The van der Waals surface area contributed by atoms with Gasteiger partial charge in [0.2, 0.25) is 0 Å². The van der Waals surface area contributed by atoms with Crippen LogP contribution in [0.3, 0.4) is 0 Å². The van der Waals surface area contributed by atoms with Crippen LogP contribution in [0.1, 0.15) is 22.6 Å². The van der Waals surface area contributed by atoms with Gasteiger partial charge in [-0.2, -0.15) is 0 Å². The minimum absolute atomic E-state index is 0.00666. The van der Waals surface area contributed by atoms with E-state index in [9.17, 15) is 0 Å². The summed E-state index contributed by atoms with van der Waals surface area (Å²) in [7, 11) is 0. The zero-order chi connectivity index (χ0) is 37.5. The summed E-state index contributed by atoms with van der Waals surface area (Å²) in [6, 6.07) is 73.3. The monoisotopic (exact) mass is 743 g/mol. The highest BCUT2D eigenvalue weighted by atomic mass is 32.1. The first-order valence-electron chi connectivity index (χ1n) is 19.6. The van der Waals surface area contributed by atoms with Crippen LogP contribution in [-0.2, 0) is 0 Å². The molecule has 0 N–H and O–H groups in total. The lowest BCUT2D eigenvalue weighted by molar-refractivity contribution is 0.486. The maximum atomic E-state index is 7.07. The topological polar surface area (TPSA) is 12.5 Å². The summed E-state index contributed by atoms with van der Waals surface area (Å²) in [5.74, 6) is 1.83. The molecule has 0 bridgehead atoms. The number of nitrogens with zero attached hydrogens (tertiary/aromatic N) is 1. The van der Waals surface area contributed by atoms with Crippen molar-refractivity contribution in [3.05, 3.63) is 217 Å². The van der Waals surface area contributed by atoms with E-state index in [4.69, 9.17) is 4.74 Å². The lowest BCUT2D eigenvalue weighted by Gasteiger charge is -2.40. The van der Waals surface area contributed by atoms with Gasteiger partial charge < -0.3 is 9.64 Å². The van der Waals surface area contributed by atoms with Gasteiger partial charge in [0.1, 0.15) is 11.5 Å². The van der Waals surface area contributed by atoms with E-state index in [0.717, 1.165) is 22.9 Å².